The number of nitrogens with one attached hydrogen (secondary N) is 1. The van der Waals surface area contributed by atoms with E-state index in [1.54, 1.807) is 35.0 Å². The van der Waals surface area contributed by atoms with Crippen LogP contribution in [0.1, 0.15) is 64.1 Å². The van der Waals surface area contributed by atoms with Crippen molar-refractivity contribution in [3.63, 3.8) is 0 Å². The number of hydrogen-bond donors (Lipinski definition) is 2. The number of carbonyl (C=O) groups is 2. The fourth-order valence-corrected chi connectivity index (χ4v) is 8.00. The second kappa shape index (κ2) is 10.2. The molecule has 4 fully saturated rings. The van der Waals surface area contributed by atoms with Crippen LogP contribution in [0.2, 0.25) is 0 Å². The van der Waals surface area contributed by atoms with Crippen LogP contribution in [0.25, 0.3) is 16.7 Å². The SMILES string of the molecule is COC(=O)c1c(Cc2ccc(C(=O)NC3C4CC5C[C@H]3CC(O)(C5)C4)cc2)c(=O)c2cccnc2n1-c1ccccc1. The molecular weight excluding hydrogens is 530 g/mol. The molecule has 8 heteroatoms. The van der Waals surface area contributed by atoms with Crippen LogP contribution >= 0.6 is 0 Å². The van der Waals surface area contributed by atoms with Gasteiger partial charge in [-0.05, 0) is 91.8 Å². The van der Waals surface area contributed by atoms with Crippen LogP contribution in [0.4, 0.5) is 0 Å². The molecule has 4 saturated carbocycles. The van der Waals surface area contributed by atoms with E-state index in [1.807, 2.05) is 42.5 Å². The van der Waals surface area contributed by atoms with E-state index >= 15 is 0 Å². The number of hydrogen-bond acceptors (Lipinski definition) is 6. The van der Waals surface area contributed by atoms with Crippen molar-refractivity contribution in [3.8, 4) is 5.69 Å². The fraction of sp³-hybridized carbons (Fsp3) is 0.353. The number of pyridine rings is 2. The fourth-order valence-electron chi connectivity index (χ4n) is 8.00. The van der Waals surface area contributed by atoms with Crippen LogP contribution < -0.4 is 10.7 Å². The molecule has 2 heterocycles. The summed E-state index contributed by atoms with van der Waals surface area (Å²) in [5.74, 6) is 0.484. The Morgan fingerprint density at radius 2 is 1.71 bits per heavy atom. The van der Waals surface area contributed by atoms with Crippen LogP contribution in [-0.4, -0.2) is 45.3 Å². The molecule has 0 saturated heterocycles. The third-order valence-corrected chi connectivity index (χ3v) is 9.56. The molecule has 0 radical (unpaired) electrons. The van der Waals surface area contributed by atoms with E-state index in [1.165, 1.54) is 7.11 Å². The molecule has 2 N–H and O–H groups in total. The van der Waals surface area contributed by atoms with E-state index in [2.05, 4.69) is 10.3 Å². The Kier molecular flexibility index (Phi) is 6.46. The zero-order chi connectivity index (χ0) is 29.0. The molecule has 42 heavy (non-hydrogen) atoms. The Labute approximate surface area is 243 Å². The number of carbonyl (C=O) groups excluding carboxylic acids is 2. The Morgan fingerprint density at radius 3 is 2.38 bits per heavy atom. The number of para-hydroxylation sites is 1. The van der Waals surface area contributed by atoms with Crippen molar-refractivity contribution in [2.24, 2.45) is 17.8 Å². The number of benzene rings is 2. The molecule has 4 aliphatic carbocycles. The summed E-state index contributed by atoms with van der Waals surface area (Å²) in [6.45, 7) is 0. The lowest BCUT2D eigenvalue weighted by atomic mass is 9.52. The number of ether oxygens (including phenoxy) is 1. The molecule has 2 aromatic heterocycles. The number of amides is 1. The Morgan fingerprint density at radius 1 is 1.00 bits per heavy atom. The van der Waals surface area contributed by atoms with Gasteiger partial charge in [0.1, 0.15) is 11.3 Å². The second-order valence-corrected chi connectivity index (χ2v) is 12.3. The van der Waals surface area contributed by atoms with E-state index < -0.39 is 11.6 Å². The minimum atomic E-state index is -0.630. The summed E-state index contributed by atoms with van der Waals surface area (Å²) in [7, 11) is 1.30. The molecule has 2 aromatic carbocycles. The maximum Gasteiger partial charge on any atom is 0.355 e. The highest BCUT2D eigenvalue weighted by atomic mass is 16.5. The quantitative estimate of drug-likeness (QED) is 0.336. The first-order valence-electron chi connectivity index (χ1n) is 14.6. The number of fused-ring (bicyclic) bond motifs is 1. The number of nitrogens with zero attached hydrogens (tertiary/aromatic N) is 2. The molecule has 0 aliphatic heterocycles. The predicted molar refractivity (Wildman–Crippen MR) is 158 cm³/mol. The zero-order valence-electron chi connectivity index (χ0n) is 23.5. The Balaban J connectivity index is 1.20. The minimum Gasteiger partial charge on any atom is -0.464 e. The van der Waals surface area contributed by atoms with E-state index in [0.717, 1.165) is 37.7 Å². The summed E-state index contributed by atoms with van der Waals surface area (Å²) in [4.78, 5) is 44.7. The van der Waals surface area contributed by atoms with Crippen LogP contribution in [0.3, 0.4) is 0 Å². The van der Waals surface area contributed by atoms with Gasteiger partial charge in [-0.15, -0.1) is 0 Å². The van der Waals surface area contributed by atoms with Gasteiger partial charge in [-0.1, -0.05) is 30.3 Å². The van der Waals surface area contributed by atoms with Crippen molar-refractivity contribution in [3.05, 3.63) is 106 Å². The highest BCUT2D eigenvalue weighted by Crippen LogP contribution is 2.55. The van der Waals surface area contributed by atoms with E-state index in [-0.39, 0.29) is 29.5 Å². The summed E-state index contributed by atoms with van der Waals surface area (Å²) in [6, 6.07) is 20.0. The number of aliphatic hydroxyl groups is 1. The first-order chi connectivity index (χ1) is 20.3. The smallest absolute Gasteiger partial charge is 0.355 e. The van der Waals surface area contributed by atoms with Crippen molar-refractivity contribution in [1.82, 2.24) is 14.9 Å². The molecule has 0 spiro atoms. The topological polar surface area (TPSA) is 111 Å². The molecule has 8 nitrogen and oxygen atoms in total. The maximum atomic E-state index is 13.8. The lowest BCUT2D eigenvalue weighted by Gasteiger charge is -2.58. The van der Waals surface area contributed by atoms with Gasteiger partial charge in [0.05, 0.1) is 18.1 Å². The van der Waals surface area contributed by atoms with E-state index in [9.17, 15) is 19.5 Å². The van der Waals surface area contributed by atoms with Gasteiger partial charge in [-0.2, -0.15) is 0 Å². The second-order valence-electron chi connectivity index (χ2n) is 12.3. The van der Waals surface area contributed by atoms with Gasteiger partial charge in [0.2, 0.25) is 0 Å². The number of rotatable bonds is 6. The predicted octanol–water partition coefficient (Wildman–Crippen LogP) is 4.43. The lowest BCUT2D eigenvalue weighted by molar-refractivity contribution is -0.136. The average molecular weight is 564 g/mol. The standard InChI is InChI=1S/C34H33N3O5/c1-42-33(40)29-27(30(38)26-8-5-13-35-31(26)37(29)25-6-3-2-4-7-25)16-20-9-11-22(12-10-20)32(39)36-28-23-14-21-15-24(28)19-34(41,17-21)18-23/h2-13,21,23-24,28,41H,14-19H2,1H3,(H,36,39)/t21?,23-,24?,28?,34?/m0/s1. The van der Waals surface area contributed by atoms with Crippen molar-refractivity contribution >= 4 is 22.9 Å². The van der Waals surface area contributed by atoms with Crippen molar-refractivity contribution in [2.75, 3.05) is 7.11 Å². The molecule has 214 valence electrons. The Bertz CT molecular complexity index is 1730. The van der Waals surface area contributed by atoms with Gasteiger partial charge >= 0.3 is 5.97 Å². The highest BCUT2D eigenvalue weighted by molar-refractivity contribution is 5.95. The van der Waals surface area contributed by atoms with Gasteiger partial charge in [-0.25, -0.2) is 9.78 Å². The van der Waals surface area contributed by atoms with Crippen molar-refractivity contribution in [1.29, 1.82) is 0 Å². The zero-order valence-corrected chi connectivity index (χ0v) is 23.5. The van der Waals surface area contributed by atoms with Gasteiger partial charge in [0.15, 0.2) is 5.43 Å². The maximum absolute atomic E-state index is 13.8. The molecule has 1 amide bonds. The van der Waals surface area contributed by atoms with Crippen LogP contribution in [0.5, 0.6) is 0 Å². The minimum absolute atomic E-state index is 0.0966. The molecule has 4 bridgehead atoms. The van der Waals surface area contributed by atoms with Crippen LogP contribution in [-0.2, 0) is 11.2 Å². The first kappa shape index (κ1) is 26.6. The van der Waals surface area contributed by atoms with Gasteiger partial charge in [0.25, 0.3) is 5.91 Å². The summed E-state index contributed by atoms with van der Waals surface area (Å²) in [6.07, 6.45) is 6.37. The van der Waals surface area contributed by atoms with E-state index in [4.69, 9.17) is 4.74 Å². The van der Waals surface area contributed by atoms with E-state index in [0.29, 0.717) is 45.6 Å². The van der Waals surface area contributed by atoms with Crippen LogP contribution in [0.15, 0.2) is 77.7 Å². The lowest BCUT2D eigenvalue weighted by Crippen LogP contribution is -2.61. The van der Waals surface area contributed by atoms with Crippen molar-refractivity contribution in [2.45, 2.75) is 50.2 Å². The molecule has 5 atom stereocenters. The normalized spacial score (nSPS) is 25.9. The van der Waals surface area contributed by atoms with Gasteiger partial charge in [-0.3, -0.25) is 14.2 Å². The number of aromatic nitrogens is 2. The molecule has 4 unspecified atom stereocenters. The summed E-state index contributed by atoms with van der Waals surface area (Å²) in [5, 5.41) is 14.6. The summed E-state index contributed by atoms with van der Waals surface area (Å²) in [5.41, 5.74) is 2.00. The largest absolute Gasteiger partial charge is 0.464 e. The third kappa shape index (κ3) is 4.50. The average Bonchev–Trinajstić information content (AvgIpc) is 2.99. The Hall–Kier alpha value is -4.30. The van der Waals surface area contributed by atoms with Crippen LogP contribution in [0, 0.1) is 17.8 Å². The summed E-state index contributed by atoms with van der Waals surface area (Å²) >= 11 is 0. The molecule has 8 rings (SSSR count). The molecular formula is C34H33N3O5. The first-order valence-corrected chi connectivity index (χ1v) is 14.6. The number of esters is 1. The third-order valence-electron chi connectivity index (χ3n) is 9.56. The molecule has 4 aliphatic rings. The number of methoxy groups -OCH3 is 1. The monoisotopic (exact) mass is 563 g/mol. The van der Waals surface area contributed by atoms with Crippen molar-refractivity contribution < 1.29 is 19.4 Å². The van der Waals surface area contributed by atoms with Gasteiger partial charge in [0, 0.05) is 35.5 Å². The summed E-state index contributed by atoms with van der Waals surface area (Å²) < 4.78 is 6.84. The highest BCUT2D eigenvalue weighted by Gasteiger charge is 2.55. The van der Waals surface area contributed by atoms with Gasteiger partial charge < -0.3 is 15.2 Å². The molecule has 4 aromatic rings.